The summed E-state index contributed by atoms with van der Waals surface area (Å²) >= 11 is 0. The van der Waals surface area contributed by atoms with Crippen LogP contribution in [-0.2, 0) is 27.5 Å². The number of aliphatic carboxylic acids is 1. The number of hydrogen-bond donors (Lipinski definition) is 2. The number of carboxylic acids is 1. The number of rotatable bonds is 8. The van der Waals surface area contributed by atoms with Crippen LogP contribution in [0.4, 0.5) is 0 Å². The molecule has 1 saturated heterocycles. The molecule has 1 heterocycles. The molecule has 1 aromatic carbocycles. The van der Waals surface area contributed by atoms with Crippen LogP contribution in [0, 0.1) is 5.92 Å². The van der Waals surface area contributed by atoms with Crippen LogP contribution in [-0.4, -0.2) is 48.1 Å². The third-order valence-corrected chi connectivity index (χ3v) is 4.28. The van der Waals surface area contributed by atoms with Gasteiger partial charge in [-0.2, -0.15) is 0 Å². The summed E-state index contributed by atoms with van der Waals surface area (Å²) in [6.07, 6.45) is 1.51. The Kier molecular flexibility index (Phi) is 9.49. The van der Waals surface area contributed by atoms with Gasteiger partial charge in [0, 0.05) is 19.7 Å². The standard InChI is InChI=1S/C18H26N2O4.ClH/c1-2-24-13-16-7-4-3-6-14(16)10-19-17(21)12-20-9-5-8-15(11-20)18(22)23;/h3-4,6-7,15H,2,5,8-13H2,1H3,(H,19,21)(H,22,23);1H. The van der Waals surface area contributed by atoms with E-state index in [4.69, 9.17) is 9.84 Å². The SMILES string of the molecule is CCOCc1ccccc1CNC(=O)CN1CCCC(C(=O)O)C1.Cl. The molecule has 1 aliphatic heterocycles. The monoisotopic (exact) mass is 370 g/mol. The van der Waals surface area contributed by atoms with Gasteiger partial charge in [0.15, 0.2) is 0 Å². The van der Waals surface area contributed by atoms with Gasteiger partial charge in [-0.05, 0) is 37.4 Å². The second-order valence-electron chi connectivity index (χ2n) is 6.10. The molecule has 0 saturated carbocycles. The van der Waals surface area contributed by atoms with Gasteiger partial charge in [0.25, 0.3) is 0 Å². The molecule has 0 bridgehead atoms. The average Bonchev–Trinajstić information content (AvgIpc) is 2.59. The van der Waals surface area contributed by atoms with E-state index >= 15 is 0 Å². The number of benzene rings is 1. The molecule has 25 heavy (non-hydrogen) atoms. The molecule has 0 aliphatic carbocycles. The van der Waals surface area contributed by atoms with Crippen molar-refractivity contribution in [3.63, 3.8) is 0 Å². The molecule has 2 rings (SSSR count). The summed E-state index contributed by atoms with van der Waals surface area (Å²) in [6.45, 7) is 5.07. The summed E-state index contributed by atoms with van der Waals surface area (Å²) in [4.78, 5) is 25.2. The Morgan fingerprint density at radius 2 is 2.04 bits per heavy atom. The van der Waals surface area contributed by atoms with E-state index in [1.165, 1.54) is 0 Å². The van der Waals surface area contributed by atoms with E-state index in [2.05, 4.69) is 5.32 Å². The highest BCUT2D eigenvalue weighted by atomic mass is 35.5. The highest BCUT2D eigenvalue weighted by Crippen LogP contribution is 2.16. The van der Waals surface area contributed by atoms with Gasteiger partial charge in [-0.3, -0.25) is 14.5 Å². The fraction of sp³-hybridized carbons (Fsp3) is 0.556. The zero-order chi connectivity index (χ0) is 17.4. The van der Waals surface area contributed by atoms with Gasteiger partial charge in [-0.1, -0.05) is 24.3 Å². The number of piperidine rings is 1. The summed E-state index contributed by atoms with van der Waals surface area (Å²) in [5.74, 6) is -1.21. The molecule has 140 valence electrons. The summed E-state index contributed by atoms with van der Waals surface area (Å²) in [5, 5.41) is 12.0. The molecule has 0 spiro atoms. The Balaban J connectivity index is 0.00000312. The van der Waals surface area contributed by atoms with Gasteiger partial charge in [-0.25, -0.2) is 0 Å². The third-order valence-electron chi connectivity index (χ3n) is 4.28. The zero-order valence-electron chi connectivity index (χ0n) is 14.6. The maximum atomic E-state index is 12.2. The number of carboxylic acid groups (broad SMARTS) is 1. The van der Waals surface area contributed by atoms with Gasteiger partial charge >= 0.3 is 5.97 Å². The first kappa shape index (κ1) is 21.4. The van der Waals surface area contributed by atoms with Crippen LogP contribution in [0.2, 0.25) is 0 Å². The second-order valence-corrected chi connectivity index (χ2v) is 6.10. The number of ether oxygens (including phenoxy) is 1. The van der Waals surface area contributed by atoms with Gasteiger partial charge in [0.1, 0.15) is 0 Å². The Morgan fingerprint density at radius 1 is 1.32 bits per heavy atom. The van der Waals surface area contributed by atoms with E-state index in [-0.39, 0.29) is 30.8 Å². The molecule has 0 aromatic heterocycles. The molecule has 1 aromatic rings. The summed E-state index contributed by atoms with van der Waals surface area (Å²) in [6, 6.07) is 7.88. The third kappa shape index (κ3) is 7.02. The molecule has 1 unspecified atom stereocenters. The van der Waals surface area contributed by atoms with E-state index in [1.54, 1.807) is 0 Å². The first-order chi connectivity index (χ1) is 11.6. The van der Waals surface area contributed by atoms with Crippen LogP contribution in [0.3, 0.4) is 0 Å². The van der Waals surface area contributed by atoms with Crippen molar-refractivity contribution in [1.82, 2.24) is 10.2 Å². The van der Waals surface area contributed by atoms with Crippen LogP contribution in [0.25, 0.3) is 0 Å². The molecule has 2 N–H and O–H groups in total. The van der Waals surface area contributed by atoms with Crippen molar-refractivity contribution in [2.75, 3.05) is 26.2 Å². The number of hydrogen-bond acceptors (Lipinski definition) is 4. The Hall–Kier alpha value is -1.63. The number of nitrogens with zero attached hydrogens (tertiary/aromatic N) is 1. The summed E-state index contributed by atoms with van der Waals surface area (Å²) in [5.41, 5.74) is 2.12. The van der Waals surface area contributed by atoms with Crippen LogP contribution < -0.4 is 5.32 Å². The summed E-state index contributed by atoms with van der Waals surface area (Å²) < 4.78 is 5.45. The van der Waals surface area contributed by atoms with Crippen molar-refractivity contribution in [2.24, 2.45) is 5.92 Å². The Morgan fingerprint density at radius 3 is 2.72 bits per heavy atom. The van der Waals surface area contributed by atoms with Crippen LogP contribution in [0.1, 0.15) is 30.9 Å². The predicted molar refractivity (Wildman–Crippen MR) is 97.7 cm³/mol. The number of amides is 1. The largest absolute Gasteiger partial charge is 0.481 e. The van der Waals surface area contributed by atoms with Crippen molar-refractivity contribution >= 4 is 24.3 Å². The Bertz CT molecular complexity index is 568. The van der Waals surface area contributed by atoms with E-state index < -0.39 is 5.97 Å². The van der Waals surface area contributed by atoms with Crippen molar-refractivity contribution in [3.8, 4) is 0 Å². The number of halogens is 1. The van der Waals surface area contributed by atoms with Gasteiger partial charge in [-0.15, -0.1) is 12.4 Å². The number of carbonyl (C=O) groups excluding carboxylic acids is 1. The number of carbonyl (C=O) groups is 2. The van der Waals surface area contributed by atoms with E-state index in [0.717, 1.165) is 24.1 Å². The van der Waals surface area contributed by atoms with E-state index in [1.807, 2.05) is 36.1 Å². The van der Waals surface area contributed by atoms with Crippen molar-refractivity contribution < 1.29 is 19.4 Å². The molecule has 1 amide bonds. The molecule has 7 heteroatoms. The first-order valence-corrected chi connectivity index (χ1v) is 8.46. The molecular formula is C18H27ClN2O4. The van der Waals surface area contributed by atoms with Gasteiger partial charge < -0.3 is 15.2 Å². The fourth-order valence-corrected chi connectivity index (χ4v) is 2.94. The van der Waals surface area contributed by atoms with Crippen LogP contribution in [0.5, 0.6) is 0 Å². The molecule has 1 fully saturated rings. The highest BCUT2D eigenvalue weighted by Gasteiger charge is 2.26. The average molecular weight is 371 g/mol. The normalized spacial score (nSPS) is 17.6. The minimum absolute atomic E-state index is 0. The zero-order valence-corrected chi connectivity index (χ0v) is 15.4. The fourth-order valence-electron chi connectivity index (χ4n) is 2.94. The first-order valence-electron chi connectivity index (χ1n) is 8.46. The summed E-state index contributed by atoms with van der Waals surface area (Å²) in [7, 11) is 0. The highest BCUT2D eigenvalue weighted by molar-refractivity contribution is 5.85. The number of likely N-dealkylation sites (tertiary alicyclic amines) is 1. The quantitative estimate of drug-likeness (QED) is 0.732. The van der Waals surface area contributed by atoms with Crippen molar-refractivity contribution in [3.05, 3.63) is 35.4 Å². The Labute approximate surface area is 154 Å². The lowest BCUT2D eigenvalue weighted by Gasteiger charge is -2.29. The molecular weight excluding hydrogens is 344 g/mol. The minimum Gasteiger partial charge on any atom is -0.481 e. The smallest absolute Gasteiger partial charge is 0.307 e. The van der Waals surface area contributed by atoms with Crippen molar-refractivity contribution in [2.45, 2.75) is 32.9 Å². The van der Waals surface area contributed by atoms with Crippen LogP contribution >= 0.6 is 12.4 Å². The maximum absolute atomic E-state index is 12.2. The number of nitrogens with one attached hydrogen (secondary N) is 1. The lowest BCUT2D eigenvalue weighted by molar-refractivity contribution is -0.144. The van der Waals surface area contributed by atoms with E-state index in [9.17, 15) is 9.59 Å². The predicted octanol–water partition coefficient (Wildman–Crippen LogP) is 2.06. The molecule has 1 atom stereocenters. The molecule has 0 radical (unpaired) electrons. The molecule has 6 nitrogen and oxygen atoms in total. The van der Waals surface area contributed by atoms with Gasteiger partial charge in [0.05, 0.1) is 19.1 Å². The maximum Gasteiger partial charge on any atom is 0.307 e. The van der Waals surface area contributed by atoms with Crippen LogP contribution in [0.15, 0.2) is 24.3 Å². The molecule has 1 aliphatic rings. The van der Waals surface area contributed by atoms with E-state index in [0.29, 0.717) is 32.7 Å². The topological polar surface area (TPSA) is 78.9 Å². The van der Waals surface area contributed by atoms with Crippen molar-refractivity contribution in [1.29, 1.82) is 0 Å². The van der Waals surface area contributed by atoms with Gasteiger partial charge in [0.2, 0.25) is 5.91 Å². The second kappa shape index (κ2) is 11.1. The lowest BCUT2D eigenvalue weighted by Crippen LogP contribution is -2.44. The minimum atomic E-state index is -0.773. The lowest BCUT2D eigenvalue weighted by atomic mass is 9.98.